The summed E-state index contributed by atoms with van der Waals surface area (Å²) >= 11 is 4.89. The topological polar surface area (TPSA) is 68.0 Å². The highest BCUT2D eigenvalue weighted by molar-refractivity contribution is 7.80. The molecule has 1 aromatic heterocycles. The molecule has 5 heteroatoms. The third kappa shape index (κ3) is 1.83. The molecule has 0 aliphatic heterocycles. The maximum Gasteiger partial charge on any atom is 0.237 e. The molecule has 0 unspecified atom stereocenters. The van der Waals surface area contributed by atoms with Crippen molar-refractivity contribution in [3.63, 3.8) is 0 Å². The average molecular weight is 221 g/mol. The van der Waals surface area contributed by atoms with E-state index in [4.69, 9.17) is 18.0 Å². The van der Waals surface area contributed by atoms with Crippen molar-refractivity contribution in [2.24, 2.45) is 11.1 Å². The van der Waals surface area contributed by atoms with E-state index in [1.165, 1.54) is 0 Å². The number of nitrogens with zero attached hydrogens (tertiary/aromatic N) is 1. The summed E-state index contributed by atoms with van der Waals surface area (Å²) in [5.41, 5.74) is 5.61. The lowest BCUT2D eigenvalue weighted by Crippen LogP contribution is -2.35. The number of anilines is 1. The number of carbonyl (C=O) groups excluding carboxylic acids is 1. The Balaban J connectivity index is 2.08. The van der Waals surface area contributed by atoms with Gasteiger partial charge < -0.3 is 11.1 Å². The molecule has 1 aliphatic rings. The molecule has 0 aromatic carbocycles. The first-order valence-electron chi connectivity index (χ1n) is 4.66. The van der Waals surface area contributed by atoms with Crippen LogP contribution in [0, 0.1) is 5.41 Å². The minimum atomic E-state index is -0.606. The zero-order valence-corrected chi connectivity index (χ0v) is 8.88. The molecule has 1 aliphatic carbocycles. The Kier molecular flexibility index (Phi) is 2.40. The maximum atomic E-state index is 11.8. The first kappa shape index (κ1) is 10.0. The van der Waals surface area contributed by atoms with Crippen LogP contribution in [0.2, 0.25) is 0 Å². The molecule has 3 N–H and O–H groups in total. The number of nitrogens with two attached hydrogens (primary N) is 1. The number of aromatic nitrogens is 1. The van der Waals surface area contributed by atoms with Gasteiger partial charge in [-0.1, -0.05) is 12.2 Å². The van der Waals surface area contributed by atoms with Crippen molar-refractivity contribution in [2.45, 2.75) is 12.8 Å². The molecule has 1 aromatic rings. The molecule has 0 atom stereocenters. The van der Waals surface area contributed by atoms with Crippen molar-refractivity contribution >= 4 is 28.8 Å². The van der Waals surface area contributed by atoms with E-state index in [0.717, 1.165) is 12.8 Å². The summed E-state index contributed by atoms with van der Waals surface area (Å²) in [6.45, 7) is 0. The Morgan fingerprint density at radius 2 is 2.33 bits per heavy atom. The number of nitrogens with one attached hydrogen (secondary N) is 1. The number of pyridine rings is 1. The predicted molar refractivity (Wildman–Crippen MR) is 61.3 cm³/mol. The quantitative estimate of drug-likeness (QED) is 0.750. The molecular weight excluding hydrogens is 210 g/mol. The van der Waals surface area contributed by atoms with Crippen molar-refractivity contribution in [3.8, 4) is 0 Å². The smallest absolute Gasteiger partial charge is 0.237 e. The molecule has 78 valence electrons. The predicted octanol–water partition coefficient (Wildman–Crippen LogP) is 1.09. The van der Waals surface area contributed by atoms with Crippen molar-refractivity contribution < 1.29 is 4.79 Å². The molecule has 15 heavy (non-hydrogen) atoms. The summed E-state index contributed by atoms with van der Waals surface area (Å²) in [6.07, 6.45) is 4.73. The fourth-order valence-electron chi connectivity index (χ4n) is 1.40. The zero-order chi connectivity index (χ0) is 10.9. The molecule has 2 rings (SSSR count). The first-order valence-corrected chi connectivity index (χ1v) is 5.07. The van der Waals surface area contributed by atoms with Crippen LogP contribution in [0.5, 0.6) is 0 Å². The minimum absolute atomic E-state index is 0.122. The fraction of sp³-hybridized carbons (Fsp3) is 0.300. The first-order chi connectivity index (χ1) is 7.15. The highest BCUT2D eigenvalue weighted by Crippen LogP contribution is 2.46. The molecule has 1 heterocycles. The van der Waals surface area contributed by atoms with Crippen LogP contribution in [0.15, 0.2) is 24.5 Å². The van der Waals surface area contributed by atoms with Gasteiger partial charge in [-0.2, -0.15) is 0 Å². The Morgan fingerprint density at radius 1 is 1.60 bits per heavy atom. The van der Waals surface area contributed by atoms with E-state index in [-0.39, 0.29) is 10.9 Å². The van der Waals surface area contributed by atoms with E-state index in [9.17, 15) is 4.79 Å². The van der Waals surface area contributed by atoms with Gasteiger partial charge in [0.2, 0.25) is 5.91 Å². The minimum Gasteiger partial charge on any atom is -0.392 e. The van der Waals surface area contributed by atoms with Gasteiger partial charge >= 0.3 is 0 Å². The standard InChI is InChI=1S/C10H11N3OS/c11-8(15)10(3-4-10)9(14)13-7-2-1-5-12-6-7/h1-2,5-6H,3-4H2,(H2,11,15)(H,13,14). The molecule has 0 saturated heterocycles. The Morgan fingerprint density at radius 3 is 2.80 bits per heavy atom. The Hall–Kier alpha value is -1.49. The van der Waals surface area contributed by atoms with Crippen LogP contribution in [0.3, 0.4) is 0 Å². The van der Waals surface area contributed by atoms with Gasteiger partial charge in [0, 0.05) is 6.20 Å². The number of hydrogen-bond acceptors (Lipinski definition) is 3. The maximum absolute atomic E-state index is 11.8. The van der Waals surface area contributed by atoms with Crippen LogP contribution in [-0.2, 0) is 4.79 Å². The number of amides is 1. The highest BCUT2D eigenvalue weighted by Gasteiger charge is 2.52. The Bertz CT molecular complexity index is 400. The van der Waals surface area contributed by atoms with Crippen LogP contribution in [-0.4, -0.2) is 15.9 Å². The van der Waals surface area contributed by atoms with Gasteiger partial charge in [0.25, 0.3) is 0 Å². The molecule has 1 saturated carbocycles. The van der Waals surface area contributed by atoms with E-state index in [1.807, 2.05) is 0 Å². The van der Waals surface area contributed by atoms with Crippen LogP contribution in [0.4, 0.5) is 5.69 Å². The van der Waals surface area contributed by atoms with Gasteiger partial charge in [0.1, 0.15) is 0 Å². The summed E-state index contributed by atoms with van der Waals surface area (Å²) < 4.78 is 0. The molecule has 0 spiro atoms. The second kappa shape index (κ2) is 3.58. The monoisotopic (exact) mass is 221 g/mol. The summed E-state index contributed by atoms with van der Waals surface area (Å²) in [5.74, 6) is -0.122. The van der Waals surface area contributed by atoms with Crippen molar-refractivity contribution in [3.05, 3.63) is 24.5 Å². The average Bonchev–Trinajstić information content (AvgIpc) is 2.99. The lowest BCUT2D eigenvalue weighted by atomic mass is 10.1. The van der Waals surface area contributed by atoms with Gasteiger partial charge in [0.15, 0.2) is 0 Å². The van der Waals surface area contributed by atoms with Crippen LogP contribution in [0.1, 0.15) is 12.8 Å². The second-order valence-corrected chi connectivity index (χ2v) is 4.08. The second-order valence-electron chi connectivity index (χ2n) is 3.64. The van der Waals surface area contributed by atoms with Crippen molar-refractivity contribution in [1.82, 2.24) is 4.98 Å². The van der Waals surface area contributed by atoms with Gasteiger partial charge in [-0.05, 0) is 25.0 Å². The summed E-state index contributed by atoms with van der Waals surface area (Å²) in [4.78, 5) is 16.0. The van der Waals surface area contributed by atoms with Crippen LogP contribution >= 0.6 is 12.2 Å². The van der Waals surface area contributed by atoms with E-state index in [1.54, 1.807) is 24.5 Å². The van der Waals surface area contributed by atoms with E-state index in [0.29, 0.717) is 5.69 Å². The van der Waals surface area contributed by atoms with E-state index in [2.05, 4.69) is 10.3 Å². The molecular formula is C10H11N3OS. The molecule has 1 fully saturated rings. The molecule has 0 bridgehead atoms. The van der Waals surface area contributed by atoms with Crippen molar-refractivity contribution in [1.29, 1.82) is 0 Å². The number of carbonyl (C=O) groups is 1. The highest BCUT2D eigenvalue weighted by atomic mass is 32.1. The lowest BCUT2D eigenvalue weighted by molar-refractivity contribution is -0.118. The summed E-state index contributed by atoms with van der Waals surface area (Å²) in [5, 5.41) is 2.76. The largest absolute Gasteiger partial charge is 0.392 e. The molecule has 0 radical (unpaired) electrons. The van der Waals surface area contributed by atoms with Gasteiger partial charge in [0.05, 0.1) is 22.3 Å². The lowest BCUT2D eigenvalue weighted by Gasteiger charge is -2.12. The van der Waals surface area contributed by atoms with Gasteiger partial charge in [-0.25, -0.2) is 0 Å². The van der Waals surface area contributed by atoms with Crippen molar-refractivity contribution in [2.75, 3.05) is 5.32 Å². The van der Waals surface area contributed by atoms with Gasteiger partial charge in [-0.15, -0.1) is 0 Å². The summed E-state index contributed by atoms with van der Waals surface area (Å²) in [6, 6.07) is 3.54. The van der Waals surface area contributed by atoms with Crippen LogP contribution in [0.25, 0.3) is 0 Å². The normalized spacial score (nSPS) is 16.8. The third-order valence-corrected chi connectivity index (χ3v) is 2.97. The van der Waals surface area contributed by atoms with E-state index >= 15 is 0 Å². The molecule has 1 amide bonds. The number of rotatable bonds is 3. The third-order valence-electron chi connectivity index (χ3n) is 2.58. The van der Waals surface area contributed by atoms with Crippen LogP contribution < -0.4 is 11.1 Å². The van der Waals surface area contributed by atoms with Gasteiger partial charge in [-0.3, -0.25) is 9.78 Å². The summed E-state index contributed by atoms with van der Waals surface area (Å²) in [7, 11) is 0. The number of thiocarbonyl (C=S) groups is 1. The van der Waals surface area contributed by atoms with E-state index < -0.39 is 5.41 Å². The Labute approximate surface area is 92.9 Å². The molecule has 4 nitrogen and oxygen atoms in total. The fourth-order valence-corrected chi connectivity index (χ4v) is 1.69. The SMILES string of the molecule is NC(=S)C1(C(=O)Nc2cccnc2)CC1. The zero-order valence-electron chi connectivity index (χ0n) is 8.06. The number of hydrogen-bond donors (Lipinski definition) is 2.